The fraction of sp³-hybridized carbons (Fsp3) is 0.100. The van der Waals surface area contributed by atoms with Gasteiger partial charge < -0.3 is 0 Å². The third-order valence-corrected chi connectivity index (χ3v) is 1.88. The number of aromatic amines is 1. The SMILES string of the molecule is ClCC#Cc1ccc2cn[nH]c2c1. The Morgan fingerprint density at radius 2 is 2.38 bits per heavy atom. The maximum atomic E-state index is 5.45. The van der Waals surface area contributed by atoms with Crippen LogP contribution in [0.5, 0.6) is 0 Å². The lowest BCUT2D eigenvalue weighted by Crippen LogP contribution is -1.75. The third kappa shape index (κ3) is 1.66. The van der Waals surface area contributed by atoms with Gasteiger partial charge in [0.05, 0.1) is 17.6 Å². The molecule has 0 atom stereocenters. The fourth-order valence-corrected chi connectivity index (χ4v) is 1.22. The van der Waals surface area contributed by atoms with E-state index < -0.39 is 0 Å². The Kier molecular flexibility index (Phi) is 2.20. The van der Waals surface area contributed by atoms with Gasteiger partial charge in [0, 0.05) is 10.9 Å². The molecule has 0 saturated carbocycles. The van der Waals surface area contributed by atoms with Crippen molar-refractivity contribution in [2.75, 3.05) is 5.88 Å². The Hall–Kier alpha value is -1.46. The highest BCUT2D eigenvalue weighted by Crippen LogP contribution is 2.11. The Labute approximate surface area is 80.9 Å². The van der Waals surface area contributed by atoms with Crippen LogP contribution in [-0.2, 0) is 0 Å². The van der Waals surface area contributed by atoms with Gasteiger partial charge in [-0.05, 0) is 18.2 Å². The van der Waals surface area contributed by atoms with Crippen LogP contribution in [-0.4, -0.2) is 16.1 Å². The molecule has 0 fully saturated rings. The van der Waals surface area contributed by atoms with Crippen LogP contribution >= 0.6 is 11.6 Å². The van der Waals surface area contributed by atoms with Crippen LogP contribution in [0.2, 0.25) is 0 Å². The third-order valence-electron chi connectivity index (χ3n) is 1.74. The summed E-state index contributed by atoms with van der Waals surface area (Å²) >= 11 is 5.45. The summed E-state index contributed by atoms with van der Waals surface area (Å²) in [6.07, 6.45) is 1.79. The molecule has 13 heavy (non-hydrogen) atoms. The number of aromatic nitrogens is 2. The van der Waals surface area contributed by atoms with E-state index in [9.17, 15) is 0 Å². The van der Waals surface area contributed by atoms with Crippen LogP contribution in [0.4, 0.5) is 0 Å². The molecule has 0 spiro atoms. The summed E-state index contributed by atoms with van der Waals surface area (Å²) in [7, 11) is 0. The highest BCUT2D eigenvalue weighted by Gasteiger charge is 1.94. The van der Waals surface area contributed by atoms with E-state index in [-0.39, 0.29) is 0 Å². The van der Waals surface area contributed by atoms with Crippen molar-refractivity contribution >= 4 is 22.5 Å². The number of fused-ring (bicyclic) bond motifs is 1. The number of H-pyrrole nitrogens is 1. The minimum atomic E-state index is 0.362. The number of nitrogens with zero attached hydrogens (tertiary/aromatic N) is 1. The smallest absolute Gasteiger partial charge is 0.0839 e. The van der Waals surface area contributed by atoms with Gasteiger partial charge in [0.15, 0.2) is 0 Å². The molecule has 1 aromatic carbocycles. The van der Waals surface area contributed by atoms with E-state index >= 15 is 0 Å². The second-order valence-corrected chi connectivity index (χ2v) is 2.87. The molecule has 0 amide bonds. The first-order valence-electron chi connectivity index (χ1n) is 3.88. The Morgan fingerprint density at radius 1 is 1.46 bits per heavy atom. The minimum Gasteiger partial charge on any atom is -0.278 e. The van der Waals surface area contributed by atoms with Crippen molar-refractivity contribution in [3.8, 4) is 11.8 Å². The molecule has 0 aliphatic heterocycles. The van der Waals surface area contributed by atoms with E-state index in [0.29, 0.717) is 5.88 Å². The predicted molar refractivity (Wildman–Crippen MR) is 53.7 cm³/mol. The first kappa shape index (κ1) is 8.15. The molecule has 1 aromatic heterocycles. The number of hydrogen-bond acceptors (Lipinski definition) is 1. The van der Waals surface area contributed by atoms with Crippen molar-refractivity contribution in [2.24, 2.45) is 0 Å². The van der Waals surface area contributed by atoms with Crippen molar-refractivity contribution in [2.45, 2.75) is 0 Å². The maximum absolute atomic E-state index is 5.45. The molecule has 2 rings (SSSR count). The monoisotopic (exact) mass is 190 g/mol. The number of benzene rings is 1. The van der Waals surface area contributed by atoms with Gasteiger partial charge in [0.2, 0.25) is 0 Å². The molecule has 3 heteroatoms. The Morgan fingerprint density at radius 3 is 3.23 bits per heavy atom. The fourth-order valence-electron chi connectivity index (χ4n) is 1.15. The minimum absolute atomic E-state index is 0.362. The summed E-state index contributed by atoms with van der Waals surface area (Å²) in [5.74, 6) is 6.11. The molecule has 1 heterocycles. The van der Waals surface area contributed by atoms with E-state index in [0.717, 1.165) is 16.5 Å². The number of hydrogen-bond donors (Lipinski definition) is 1. The van der Waals surface area contributed by atoms with Crippen molar-refractivity contribution in [1.82, 2.24) is 10.2 Å². The molecule has 1 N–H and O–H groups in total. The van der Waals surface area contributed by atoms with E-state index in [1.54, 1.807) is 6.20 Å². The summed E-state index contributed by atoms with van der Waals surface area (Å²) in [5.41, 5.74) is 1.96. The van der Waals surface area contributed by atoms with Crippen molar-refractivity contribution < 1.29 is 0 Å². The van der Waals surface area contributed by atoms with Crippen LogP contribution in [0.15, 0.2) is 24.4 Å². The van der Waals surface area contributed by atoms with Gasteiger partial charge in [-0.15, -0.1) is 11.6 Å². The van der Waals surface area contributed by atoms with E-state index in [1.807, 2.05) is 18.2 Å². The summed E-state index contributed by atoms with van der Waals surface area (Å²) in [4.78, 5) is 0. The first-order chi connectivity index (χ1) is 6.40. The van der Waals surface area contributed by atoms with Gasteiger partial charge >= 0.3 is 0 Å². The molecule has 0 aliphatic rings. The lowest BCUT2D eigenvalue weighted by molar-refractivity contribution is 1.12. The van der Waals surface area contributed by atoms with Crippen LogP contribution < -0.4 is 0 Å². The average molecular weight is 191 g/mol. The zero-order valence-electron chi connectivity index (χ0n) is 6.84. The lowest BCUT2D eigenvalue weighted by atomic mass is 10.2. The van der Waals surface area contributed by atoms with E-state index in [1.165, 1.54) is 0 Å². The molecule has 0 unspecified atom stereocenters. The standard InChI is InChI=1S/C10H7ClN2/c11-5-1-2-8-3-4-9-7-12-13-10(9)6-8/h3-4,6-7H,5H2,(H,12,13). The maximum Gasteiger partial charge on any atom is 0.0839 e. The van der Waals surface area contributed by atoms with Gasteiger partial charge in [-0.3, -0.25) is 5.10 Å². The number of nitrogens with one attached hydrogen (secondary N) is 1. The van der Waals surface area contributed by atoms with Crippen molar-refractivity contribution in [3.63, 3.8) is 0 Å². The number of rotatable bonds is 0. The molecule has 2 aromatic rings. The summed E-state index contributed by atoms with van der Waals surface area (Å²) in [6, 6.07) is 5.90. The van der Waals surface area contributed by atoms with Gasteiger partial charge in [-0.1, -0.05) is 11.8 Å². The predicted octanol–water partition coefficient (Wildman–Crippen LogP) is 2.15. The zero-order chi connectivity index (χ0) is 9.10. The quantitative estimate of drug-likeness (QED) is 0.501. The van der Waals surface area contributed by atoms with Crippen molar-refractivity contribution in [3.05, 3.63) is 30.0 Å². The summed E-state index contributed by atoms with van der Waals surface area (Å²) in [5, 5.41) is 7.90. The van der Waals surface area contributed by atoms with Gasteiger partial charge in [-0.25, -0.2) is 0 Å². The normalized spacial score (nSPS) is 9.62. The Balaban J connectivity index is 2.48. The van der Waals surface area contributed by atoms with Crippen LogP contribution in [0.3, 0.4) is 0 Å². The largest absolute Gasteiger partial charge is 0.278 e. The Bertz CT molecular complexity index is 476. The molecule has 2 nitrogen and oxygen atoms in total. The van der Waals surface area contributed by atoms with Crippen LogP contribution in [0.1, 0.15) is 5.56 Å². The van der Waals surface area contributed by atoms with E-state index in [4.69, 9.17) is 11.6 Å². The van der Waals surface area contributed by atoms with Gasteiger partial charge in [0.25, 0.3) is 0 Å². The molecule has 64 valence electrons. The molecule has 0 radical (unpaired) electrons. The summed E-state index contributed by atoms with van der Waals surface area (Å²) < 4.78 is 0. The van der Waals surface area contributed by atoms with Gasteiger partial charge in [0.1, 0.15) is 0 Å². The molecule has 0 saturated heterocycles. The zero-order valence-corrected chi connectivity index (χ0v) is 7.60. The highest BCUT2D eigenvalue weighted by molar-refractivity contribution is 6.19. The molecular formula is C10H7ClN2. The molecule has 0 aliphatic carbocycles. The van der Waals surface area contributed by atoms with Crippen LogP contribution in [0.25, 0.3) is 10.9 Å². The second kappa shape index (κ2) is 3.51. The van der Waals surface area contributed by atoms with Gasteiger partial charge in [-0.2, -0.15) is 5.10 Å². The highest BCUT2D eigenvalue weighted by atomic mass is 35.5. The number of halogens is 1. The molecule has 0 bridgehead atoms. The average Bonchev–Trinajstić information content (AvgIpc) is 2.61. The molecular weight excluding hydrogens is 184 g/mol. The summed E-state index contributed by atoms with van der Waals surface area (Å²) in [6.45, 7) is 0. The van der Waals surface area contributed by atoms with Crippen molar-refractivity contribution in [1.29, 1.82) is 0 Å². The first-order valence-corrected chi connectivity index (χ1v) is 4.41. The second-order valence-electron chi connectivity index (χ2n) is 2.61. The topological polar surface area (TPSA) is 28.7 Å². The number of alkyl halides is 1. The van der Waals surface area contributed by atoms with Crippen LogP contribution in [0, 0.1) is 11.8 Å². The lowest BCUT2D eigenvalue weighted by Gasteiger charge is -1.89. The van der Waals surface area contributed by atoms with E-state index in [2.05, 4.69) is 22.0 Å².